The predicted molar refractivity (Wildman–Crippen MR) is 155 cm³/mol. The number of hydrogen-bond acceptors (Lipinski definition) is 6. The summed E-state index contributed by atoms with van der Waals surface area (Å²) in [6, 6.07) is 13.3. The Kier molecular flexibility index (Phi) is 9.25. The fourth-order valence-electron chi connectivity index (χ4n) is 5.98. The van der Waals surface area contributed by atoms with E-state index in [1.807, 2.05) is 37.3 Å². The van der Waals surface area contributed by atoms with E-state index in [0.29, 0.717) is 13.1 Å². The third-order valence-electron chi connectivity index (χ3n) is 8.74. The van der Waals surface area contributed by atoms with Crippen molar-refractivity contribution in [2.24, 2.45) is 5.92 Å². The Hall–Kier alpha value is -3.43. The molecule has 0 radical (unpaired) electrons. The molecule has 5 atom stereocenters. The number of amides is 3. The molecule has 1 aliphatic carbocycles. The van der Waals surface area contributed by atoms with Crippen LogP contribution in [0.15, 0.2) is 48.5 Å². The summed E-state index contributed by atoms with van der Waals surface area (Å²) in [5.74, 6) is -0.326. The van der Waals surface area contributed by atoms with Crippen molar-refractivity contribution in [2.45, 2.75) is 75.6 Å². The molecular formula is C32H42N4O5. The van der Waals surface area contributed by atoms with Crippen molar-refractivity contribution in [1.82, 2.24) is 20.9 Å². The SMILES string of the molecule is CC(c1ccccc1)[C@H]1NC(=O)[C@@H](CO)N(C)C(=O)[C@H](C2CC2)NCC2CCc3cccc(c3O2)CCCNC1=O. The molecule has 2 aromatic carbocycles. The first-order chi connectivity index (χ1) is 19.9. The van der Waals surface area contributed by atoms with Gasteiger partial charge in [0.2, 0.25) is 17.7 Å². The molecule has 0 aromatic heterocycles. The van der Waals surface area contributed by atoms with Crippen molar-refractivity contribution in [3.63, 3.8) is 0 Å². The maximum absolute atomic E-state index is 13.7. The summed E-state index contributed by atoms with van der Waals surface area (Å²) < 4.78 is 6.47. The van der Waals surface area contributed by atoms with Crippen molar-refractivity contribution in [3.05, 3.63) is 65.2 Å². The summed E-state index contributed by atoms with van der Waals surface area (Å²) in [6.45, 7) is 2.31. The van der Waals surface area contributed by atoms with Crippen LogP contribution in [0.25, 0.3) is 0 Å². The largest absolute Gasteiger partial charge is 0.489 e. The van der Waals surface area contributed by atoms with Gasteiger partial charge in [-0.25, -0.2) is 0 Å². The lowest BCUT2D eigenvalue weighted by atomic mass is 9.92. The Morgan fingerprint density at radius 3 is 2.41 bits per heavy atom. The zero-order valence-electron chi connectivity index (χ0n) is 24.0. The molecule has 1 saturated carbocycles. The van der Waals surface area contributed by atoms with Crippen LogP contribution in [0.5, 0.6) is 5.75 Å². The van der Waals surface area contributed by atoms with E-state index in [2.05, 4.69) is 34.1 Å². The Bertz CT molecular complexity index is 1230. The van der Waals surface area contributed by atoms with Crippen LogP contribution in [0.3, 0.4) is 0 Å². The van der Waals surface area contributed by atoms with Gasteiger partial charge in [0.15, 0.2) is 0 Å². The number of para-hydroxylation sites is 1. The van der Waals surface area contributed by atoms with E-state index < -0.39 is 30.6 Å². The minimum absolute atomic E-state index is 0.0706. The van der Waals surface area contributed by atoms with Crippen molar-refractivity contribution >= 4 is 17.7 Å². The number of aliphatic hydroxyl groups is 1. The molecule has 9 nitrogen and oxygen atoms in total. The lowest BCUT2D eigenvalue weighted by Gasteiger charge is -2.33. The minimum atomic E-state index is -1.12. The van der Waals surface area contributed by atoms with Gasteiger partial charge in [-0.3, -0.25) is 14.4 Å². The van der Waals surface area contributed by atoms with Gasteiger partial charge >= 0.3 is 0 Å². The predicted octanol–water partition coefficient (Wildman–Crippen LogP) is 1.92. The second-order valence-electron chi connectivity index (χ2n) is 11.6. The smallest absolute Gasteiger partial charge is 0.245 e. The normalized spacial score (nSPS) is 27.1. The Morgan fingerprint density at radius 2 is 1.71 bits per heavy atom. The Labute approximate surface area is 242 Å². The zero-order valence-corrected chi connectivity index (χ0v) is 24.0. The summed E-state index contributed by atoms with van der Waals surface area (Å²) in [5, 5.41) is 19.6. The molecule has 41 heavy (non-hydrogen) atoms. The highest BCUT2D eigenvalue weighted by atomic mass is 16.5. The van der Waals surface area contributed by atoms with Crippen molar-refractivity contribution in [2.75, 3.05) is 26.7 Å². The number of carbonyl (C=O) groups excluding carboxylic acids is 3. The van der Waals surface area contributed by atoms with Gasteiger partial charge in [-0.15, -0.1) is 0 Å². The molecular weight excluding hydrogens is 520 g/mol. The molecule has 3 aliphatic rings. The fourth-order valence-corrected chi connectivity index (χ4v) is 5.98. The van der Waals surface area contributed by atoms with Gasteiger partial charge in [0.05, 0.1) is 12.6 Å². The van der Waals surface area contributed by atoms with Crippen LogP contribution in [0.1, 0.15) is 55.2 Å². The van der Waals surface area contributed by atoms with Crippen molar-refractivity contribution < 1.29 is 24.2 Å². The van der Waals surface area contributed by atoms with Gasteiger partial charge in [0.1, 0.15) is 23.9 Å². The lowest BCUT2D eigenvalue weighted by molar-refractivity contribution is -0.143. The Morgan fingerprint density at radius 1 is 0.976 bits per heavy atom. The van der Waals surface area contributed by atoms with Gasteiger partial charge in [0, 0.05) is 26.1 Å². The molecule has 9 heteroatoms. The zero-order chi connectivity index (χ0) is 28.9. The number of likely N-dealkylation sites (N-methyl/N-ethyl adjacent to an activating group) is 1. The number of nitrogens with one attached hydrogen (secondary N) is 3. The molecule has 2 heterocycles. The molecule has 4 N–H and O–H groups in total. The maximum Gasteiger partial charge on any atom is 0.245 e. The number of aliphatic hydroxyl groups excluding tert-OH is 1. The molecule has 220 valence electrons. The van der Waals surface area contributed by atoms with Crippen LogP contribution in [-0.2, 0) is 27.2 Å². The lowest BCUT2D eigenvalue weighted by Crippen LogP contribution is -2.59. The van der Waals surface area contributed by atoms with E-state index in [1.54, 1.807) is 7.05 Å². The van der Waals surface area contributed by atoms with E-state index >= 15 is 0 Å². The van der Waals surface area contributed by atoms with Crippen LogP contribution in [-0.4, -0.2) is 78.7 Å². The number of hydrogen-bond donors (Lipinski definition) is 4. The van der Waals surface area contributed by atoms with Crippen LogP contribution >= 0.6 is 0 Å². The summed E-state index contributed by atoms with van der Waals surface area (Å²) in [7, 11) is 1.55. The van der Waals surface area contributed by atoms with Crippen LogP contribution in [0.2, 0.25) is 0 Å². The van der Waals surface area contributed by atoms with Gasteiger partial charge in [-0.1, -0.05) is 55.5 Å². The highest BCUT2D eigenvalue weighted by molar-refractivity contribution is 5.93. The number of ether oxygens (including phenoxy) is 1. The van der Waals surface area contributed by atoms with Gasteiger partial charge in [-0.05, 0) is 61.1 Å². The van der Waals surface area contributed by atoms with E-state index in [1.165, 1.54) is 10.5 Å². The topological polar surface area (TPSA) is 120 Å². The van der Waals surface area contributed by atoms with E-state index in [-0.39, 0.29) is 29.8 Å². The third-order valence-corrected chi connectivity index (χ3v) is 8.74. The van der Waals surface area contributed by atoms with E-state index in [4.69, 9.17) is 4.74 Å². The highest BCUT2D eigenvalue weighted by Gasteiger charge is 2.41. The Balaban J connectivity index is 1.43. The number of carbonyl (C=O) groups is 3. The number of benzene rings is 2. The van der Waals surface area contributed by atoms with Crippen LogP contribution in [0, 0.1) is 5.92 Å². The first-order valence-electron chi connectivity index (χ1n) is 14.9. The van der Waals surface area contributed by atoms with Crippen LogP contribution < -0.4 is 20.7 Å². The highest BCUT2D eigenvalue weighted by Crippen LogP contribution is 2.35. The molecule has 0 saturated heterocycles. The number of nitrogens with zero attached hydrogens (tertiary/aromatic N) is 1. The second-order valence-corrected chi connectivity index (χ2v) is 11.6. The third kappa shape index (κ3) is 6.73. The molecule has 5 rings (SSSR count). The maximum atomic E-state index is 13.7. The number of rotatable bonds is 4. The summed E-state index contributed by atoms with van der Waals surface area (Å²) in [6.07, 6.45) is 5.01. The standard InChI is InChI=1S/C32H42N4O5/c1-20(21-8-4-3-5-9-21)27-31(39)33-17-7-12-23-10-6-11-24-15-16-25(41-29(23)24)18-34-28(22-13-14-22)32(40)36(2)26(19-37)30(38)35-27/h3-6,8-11,20,22,25-28,34,37H,7,12-19H2,1-2H3,(H,33,39)(H,35,38)/t20?,25?,26-,27-,28+/m1/s1. The van der Waals surface area contributed by atoms with Crippen molar-refractivity contribution in [1.29, 1.82) is 0 Å². The van der Waals surface area contributed by atoms with E-state index in [0.717, 1.165) is 55.4 Å². The summed E-state index contributed by atoms with van der Waals surface area (Å²) in [4.78, 5) is 42.1. The summed E-state index contributed by atoms with van der Waals surface area (Å²) >= 11 is 0. The molecule has 2 unspecified atom stereocenters. The summed E-state index contributed by atoms with van der Waals surface area (Å²) in [5.41, 5.74) is 3.21. The van der Waals surface area contributed by atoms with Crippen molar-refractivity contribution in [3.8, 4) is 5.75 Å². The molecule has 2 aliphatic heterocycles. The molecule has 1 fully saturated rings. The van der Waals surface area contributed by atoms with Gasteiger partial charge in [0.25, 0.3) is 0 Å². The fraction of sp³-hybridized carbons (Fsp3) is 0.531. The molecule has 2 aromatic rings. The molecule has 2 bridgehead atoms. The first kappa shape index (κ1) is 29.1. The minimum Gasteiger partial charge on any atom is -0.489 e. The number of aryl methyl sites for hydroxylation is 2. The van der Waals surface area contributed by atoms with Gasteiger partial charge in [-0.2, -0.15) is 0 Å². The first-order valence-corrected chi connectivity index (χ1v) is 14.9. The second kappa shape index (κ2) is 13.0. The average molecular weight is 563 g/mol. The van der Waals surface area contributed by atoms with E-state index in [9.17, 15) is 19.5 Å². The number of fused-ring (bicyclic) bond motifs is 1. The molecule has 3 amide bonds. The quantitative estimate of drug-likeness (QED) is 0.452. The average Bonchev–Trinajstić information content (AvgIpc) is 3.83. The van der Waals surface area contributed by atoms with Crippen LogP contribution in [0.4, 0.5) is 0 Å². The monoisotopic (exact) mass is 562 g/mol. The molecule has 0 spiro atoms. The van der Waals surface area contributed by atoms with Gasteiger partial charge < -0.3 is 30.7 Å².